The van der Waals surface area contributed by atoms with Crippen LogP contribution < -0.4 is 5.32 Å². The number of carbonyl (C=O) groups is 2. The van der Waals surface area contributed by atoms with E-state index in [4.69, 9.17) is 4.74 Å². The van der Waals surface area contributed by atoms with Crippen molar-refractivity contribution in [2.45, 2.75) is 38.5 Å². The maximum absolute atomic E-state index is 12.8. The highest BCUT2D eigenvalue weighted by atomic mass is 32.2. The number of rotatable bonds is 8. The SMILES string of the molecule is CCOC(=O)c1c(CC(C)C)csc1NC(=O)CSc1nnc(C(F)(F)F)n1C. The van der Waals surface area contributed by atoms with Crippen molar-refractivity contribution < 1.29 is 27.5 Å². The second-order valence-electron chi connectivity index (χ2n) is 6.48. The molecule has 0 unspecified atom stereocenters. The molecule has 0 atom stereocenters. The summed E-state index contributed by atoms with van der Waals surface area (Å²) in [6.45, 7) is 5.92. The molecule has 0 fully saturated rings. The smallest absolute Gasteiger partial charge is 0.451 e. The molecule has 0 aromatic carbocycles. The second kappa shape index (κ2) is 9.61. The van der Waals surface area contributed by atoms with Gasteiger partial charge in [0.15, 0.2) is 5.16 Å². The normalized spacial score (nSPS) is 11.7. The summed E-state index contributed by atoms with van der Waals surface area (Å²) in [5.74, 6) is -2.02. The Morgan fingerprint density at radius 1 is 1.34 bits per heavy atom. The van der Waals surface area contributed by atoms with Gasteiger partial charge < -0.3 is 14.6 Å². The maximum atomic E-state index is 12.8. The molecule has 1 amide bonds. The van der Waals surface area contributed by atoms with Crippen LogP contribution in [0.25, 0.3) is 0 Å². The highest BCUT2D eigenvalue weighted by molar-refractivity contribution is 7.99. The molecule has 2 rings (SSSR count). The number of thiophene rings is 1. The lowest BCUT2D eigenvalue weighted by molar-refractivity contribution is -0.147. The van der Waals surface area contributed by atoms with Gasteiger partial charge in [-0.1, -0.05) is 25.6 Å². The lowest BCUT2D eigenvalue weighted by Gasteiger charge is -2.10. The van der Waals surface area contributed by atoms with E-state index in [-0.39, 0.29) is 17.5 Å². The summed E-state index contributed by atoms with van der Waals surface area (Å²) < 4.78 is 44.2. The van der Waals surface area contributed by atoms with Crippen molar-refractivity contribution in [2.24, 2.45) is 13.0 Å². The second-order valence-corrected chi connectivity index (χ2v) is 8.31. The summed E-state index contributed by atoms with van der Waals surface area (Å²) >= 11 is 2.03. The van der Waals surface area contributed by atoms with Crippen LogP contribution in [0.3, 0.4) is 0 Å². The lowest BCUT2D eigenvalue weighted by atomic mass is 10.0. The number of aromatic nitrogens is 3. The molecule has 2 aromatic rings. The molecule has 0 aliphatic heterocycles. The van der Waals surface area contributed by atoms with Gasteiger partial charge in [0, 0.05) is 7.05 Å². The van der Waals surface area contributed by atoms with Crippen LogP contribution in [-0.4, -0.2) is 39.0 Å². The summed E-state index contributed by atoms with van der Waals surface area (Å²) in [6, 6.07) is 0. The van der Waals surface area contributed by atoms with E-state index in [2.05, 4.69) is 15.5 Å². The van der Waals surface area contributed by atoms with Gasteiger partial charge in [0.05, 0.1) is 17.9 Å². The highest BCUT2D eigenvalue weighted by Crippen LogP contribution is 2.32. The molecule has 0 saturated heterocycles. The third kappa shape index (κ3) is 5.95. The van der Waals surface area contributed by atoms with Gasteiger partial charge in [0.1, 0.15) is 5.00 Å². The fourth-order valence-corrected chi connectivity index (χ4v) is 4.17. The number of esters is 1. The van der Waals surface area contributed by atoms with E-state index in [0.29, 0.717) is 22.9 Å². The lowest BCUT2D eigenvalue weighted by Crippen LogP contribution is -2.17. The van der Waals surface area contributed by atoms with E-state index >= 15 is 0 Å². The minimum Gasteiger partial charge on any atom is -0.462 e. The first-order valence-electron chi connectivity index (χ1n) is 8.71. The Balaban J connectivity index is 2.10. The summed E-state index contributed by atoms with van der Waals surface area (Å²) in [7, 11) is 1.18. The molecule has 0 aliphatic carbocycles. The van der Waals surface area contributed by atoms with Crippen molar-refractivity contribution in [3.8, 4) is 0 Å². The van der Waals surface area contributed by atoms with Crippen molar-refractivity contribution in [2.75, 3.05) is 17.7 Å². The number of anilines is 1. The summed E-state index contributed by atoms with van der Waals surface area (Å²) in [6.07, 6.45) is -3.98. The average Bonchev–Trinajstić information content (AvgIpc) is 3.16. The van der Waals surface area contributed by atoms with Gasteiger partial charge in [-0.25, -0.2) is 4.79 Å². The molecule has 0 bridgehead atoms. The number of alkyl halides is 3. The van der Waals surface area contributed by atoms with Crippen molar-refractivity contribution in [3.63, 3.8) is 0 Å². The molecular formula is C17H21F3N4O3S2. The van der Waals surface area contributed by atoms with Gasteiger partial charge in [-0.3, -0.25) is 4.79 Å². The largest absolute Gasteiger partial charge is 0.462 e. The van der Waals surface area contributed by atoms with E-state index in [1.807, 2.05) is 13.8 Å². The Bertz CT molecular complexity index is 878. The zero-order valence-electron chi connectivity index (χ0n) is 16.3. The first kappa shape index (κ1) is 23.2. The fraction of sp³-hybridized carbons (Fsp3) is 0.529. The molecule has 0 radical (unpaired) electrons. The van der Waals surface area contributed by atoms with Crippen LogP contribution in [0.15, 0.2) is 10.5 Å². The molecule has 0 aliphatic rings. The molecule has 2 heterocycles. The van der Waals surface area contributed by atoms with Crippen LogP contribution in [0.5, 0.6) is 0 Å². The highest BCUT2D eigenvalue weighted by Gasteiger charge is 2.37. The number of ether oxygens (including phenoxy) is 1. The minimum absolute atomic E-state index is 0.0373. The summed E-state index contributed by atoms with van der Waals surface area (Å²) in [4.78, 5) is 24.6. The van der Waals surface area contributed by atoms with Crippen LogP contribution in [0.2, 0.25) is 0 Å². The van der Waals surface area contributed by atoms with E-state index in [0.717, 1.165) is 21.9 Å². The minimum atomic E-state index is -4.62. The molecule has 160 valence electrons. The Morgan fingerprint density at radius 3 is 2.59 bits per heavy atom. The molecule has 0 spiro atoms. The molecule has 0 saturated carbocycles. The van der Waals surface area contributed by atoms with Crippen molar-refractivity contribution in [3.05, 3.63) is 22.3 Å². The van der Waals surface area contributed by atoms with E-state index in [1.165, 1.54) is 18.4 Å². The quantitative estimate of drug-likeness (QED) is 0.483. The zero-order valence-corrected chi connectivity index (χ0v) is 17.9. The number of hydrogen-bond acceptors (Lipinski definition) is 7. The Morgan fingerprint density at radius 2 is 2.03 bits per heavy atom. The van der Waals surface area contributed by atoms with Crippen LogP contribution in [-0.2, 0) is 29.2 Å². The predicted molar refractivity (Wildman–Crippen MR) is 104 cm³/mol. The van der Waals surface area contributed by atoms with Gasteiger partial charge in [0.25, 0.3) is 0 Å². The van der Waals surface area contributed by atoms with Crippen molar-refractivity contribution >= 4 is 40.0 Å². The number of nitrogens with zero attached hydrogens (tertiary/aromatic N) is 3. The van der Waals surface area contributed by atoms with Crippen LogP contribution in [0.4, 0.5) is 18.2 Å². The number of amides is 1. The number of hydrogen-bond donors (Lipinski definition) is 1. The molecule has 12 heteroatoms. The van der Waals surface area contributed by atoms with Crippen LogP contribution in [0, 0.1) is 5.92 Å². The predicted octanol–water partition coefficient (Wildman–Crippen LogP) is 4.00. The van der Waals surface area contributed by atoms with Gasteiger partial charge in [0.2, 0.25) is 11.7 Å². The fourth-order valence-electron chi connectivity index (χ4n) is 2.48. The van der Waals surface area contributed by atoms with Crippen molar-refractivity contribution in [1.29, 1.82) is 0 Å². The topological polar surface area (TPSA) is 86.1 Å². The van der Waals surface area contributed by atoms with Gasteiger partial charge in [-0.05, 0) is 30.2 Å². The Kier molecular flexibility index (Phi) is 7.69. The van der Waals surface area contributed by atoms with E-state index < -0.39 is 23.9 Å². The average molecular weight is 451 g/mol. The molecule has 2 aromatic heterocycles. The van der Waals surface area contributed by atoms with Crippen molar-refractivity contribution in [1.82, 2.24) is 14.8 Å². The first-order chi connectivity index (χ1) is 13.5. The number of halogens is 3. The first-order valence-corrected chi connectivity index (χ1v) is 10.6. The summed E-state index contributed by atoms with van der Waals surface area (Å²) in [5.41, 5.74) is 1.11. The van der Waals surface area contributed by atoms with Gasteiger partial charge in [-0.2, -0.15) is 13.2 Å². The number of thioether (sulfide) groups is 1. The Hall–Kier alpha value is -2.08. The monoisotopic (exact) mass is 450 g/mol. The zero-order chi connectivity index (χ0) is 21.8. The molecule has 7 nitrogen and oxygen atoms in total. The maximum Gasteiger partial charge on any atom is 0.451 e. The third-order valence-electron chi connectivity index (χ3n) is 3.65. The van der Waals surface area contributed by atoms with E-state index in [1.54, 1.807) is 12.3 Å². The standard InChI is InChI=1S/C17H21F3N4O3S2/c1-5-27-14(26)12-10(6-9(2)3)7-28-13(12)21-11(25)8-29-16-23-22-15(24(16)4)17(18,19)20/h7,9H,5-6,8H2,1-4H3,(H,21,25). The van der Waals surface area contributed by atoms with Gasteiger partial charge >= 0.3 is 12.1 Å². The van der Waals surface area contributed by atoms with Gasteiger partial charge in [-0.15, -0.1) is 21.5 Å². The molecule has 29 heavy (non-hydrogen) atoms. The number of carbonyl (C=O) groups excluding carboxylic acids is 2. The van der Waals surface area contributed by atoms with Crippen LogP contribution >= 0.6 is 23.1 Å². The van der Waals surface area contributed by atoms with E-state index in [9.17, 15) is 22.8 Å². The Labute approximate surface area is 174 Å². The molecular weight excluding hydrogens is 429 g/mol. The van der Waals surface area contributed by atoms with Crippen LogP contribution in [0.1, 0.15) is 42.5 Å². The molecule has 1 N–H and O–H groups in total. The third-order valence-corrected chi connectivity index (χ3v) is 5.61. The summed E-state index contributed by atoms with van der Waals surface area (Å²) in [5, 5.41) is 11.4. The number of nitrogens with one attached hydrogen (secondary N) is 1.